The second-order valence-corrected chi connectivity index (χ2v) is 6.72. The molecule has 2 rings (SSSR count). The van der Waals surface area contributed by atoms with Crippen molar-refractivity contribution >= 4 is 27.3 Å². The number of benzene rings is 2. The Morgan fingerprint density at radius 2 is 1.95 bits per heavy atom. The molecule has 21 heavy (non-hydrogen) atoms. The number of halogens is 2. The normalized spacial score (nSPS) is 11.4. The van der Waals surface area contributed by atoms with Gasteiger partial charge in [-0.3, -0.25) is 4.31 Å². The molecule has 0 atom stereocenters. The van der Waals surface area contributed by atoms with E-state index >= 15 is 0 Å². The molecule has 7 heteroatoms. The zero-order valence-corrected chi connectivity index (χ0v) is 12.7. The molecule has 2 aromatic rings. The van der Waals surface area contributed by atoms with Crippen LogP contribution in [0.4, 0.5) is 10.1 Å². The van der Waals surface area contributed by atoms with Crippen molar-refractivity contribution in [3.05, 3.63) is 58.9 Å². The van der Waals surface area contributed by atoms with Crippen LogP contribution in [-0.2, 0) is 16.6 Å². The topological polar surface area (TPSA) is 57.6 Å². The lowest BCUT2D eigenvalue weighted by Gasteiger charge is -2.20. The second-order valence-electron chi connectivity index (χ2n) is 4.38. The van der Waals surface area contributed by atoms with Crippen LogP contribution in [-0.4, -0.2) is 20.6 Å². The van der Waals surface area contributed by atoms with Crippen molar-refractivity contribution < 1.29 is 17.9 Å². The summed E-state index contributed by atoms with van der Waals surface area (Å²) in [6.07, 6.45) is 0. The molecule has 4 nitrogen and oxygen atoms in total. The third-order valence-corrected chi connectivity index (χ3v) is 5.26. The molecular weight excluding hydrogens is 317 g/mol. The predicted molar refractivity (Wildman–Crippen MR) is 79.4 cm³/mol. The first kappa shape index (κ1) is 15.8. The largest absolute Gasteiger partial charge is 0.392 e. The Labute approximate surface area is 127 Å². The lowest BCUT2D eigenvalue weighted by atomic mass is 10.2. The number of anilines is 1. The van der Waals surface area contributed by atoms with Gasteiger partial charge in [-0.2, -0.15) is 0 Å². The van der Waals surface area contributed by atoms with Crippen molar-refractivity contribution in [2.75, 3.05) is 11.4 Å². The number of nitrogens with zero attached hydrogens (tertiary/aromatic N) is 1. The van der Waals surface area contributed by atoms with E-state index in [9.17, 15) is 12.8 Å². The molecule has 0 aliphatic rings. The molecule has 0 amide bonds. The van der Waals surface area contributed by atoms with Crippen LogP contribution in [0, 0.1) is 5.82 Å². The summed E-state index contributed by atoms with van der Waals surface area (Å²) in [7, 11) is -2.64. The van der Waals surface area contributed by atoms with Gasteiger partial charge in [0.25, 0.3) is 10.0 Å². The van der Waals surface area contributed by atoms with E-state index < -0.39 is 15.8 Å². The smallest absolute Gasteiger partial charge is 0.265 e. The van der Waals surface area contributed by atoms with Crippen LogP contribution >= 0.6 is 11.6 Å². The molecule has 112 valence electrons. The van der Waals surface area contributed by atoms with Crippen LogP contribution in [0.1, 0.15) is 5.56 Å². The van der Waals surface area contributed by atoms with Gasteiger partial charge in [-0.15, -0.1) is 0 Å². The summed E-state index contributed by atoms with van der Waals surface area (Å²) in [5.41, 5.74) is 0.603. The molecule has 1 N–H and O–H groups in total. The number of hydrogen-bond acceptors (Lipinski definition) is 3. The standard InChI is InChI=1S/C14H13ClFNO3S/c1-17(12-4-2-3-11(16)8-12)21(19,20)14-7-10(9-18)5-6-13(14)15/h2-8,18H,9H2,1H3. The molecule has 0 heterocycles. The van der Waals surface area contributed by atoms with Crippen LogP contribution in [0.15, 0.2) is 47.4 Å². The van der Waals surface area contributed by atoms with E-state index in [2.05, 4.69) is 0 Å². The zero-order chi connectivity index (χ0) is 15.6. The van der Waals surface area contributed by atoms with Crippen molar-refractivity contribution in [1.82, 2.24) is 0 Å². The van der Waals surface area contributed by atoms with Crippen LogP contribution < -0.4 is 4.31 Å². The number of hydrogen-bond donors (Lipinski definition) is 1. The van der Waals surface area contributed by atoms with Gasteiger partial charge >= 0.3 is 0 Å². The second kappa shape index (κ2) is 6.01. The van der Waals surface area contributed by atoms with E-state index in [1.807, 2.05) is 0 Å². The number of rotatable bonds is 4. The lowest BCUT2D eigenvalue weighted by molar-refractivity contribution is 0.281. The predicted octanol–water partition coefficient (Wildman–Crippen LogP) is 2.80. The third-order valence-electron chi connectivity index (χ3n) is 2.99. The van der Waals surface area contributed by atoms with Crippen LogP contribution in [0.5, 0.6) is 0 Å². The molecular formula is C14H13ClFNO3S. The van der Waals surface area contributed by atoms with E-state index in [0.29, 0.717) is 5.56 Å². The maximum absolute atomic E-state index is 13.2. The average Bonchev–Trinajstić information content (AvgIpc) is 2.46. The molecule has 0 aromatic heterocycles. The molecule has 0 bridgehead atoms. The number of sulfonamides is 1. The Kier molecular flexibility index (Phi) is 4.51. The summed E-state index contributed by atoms with van der Waals surface area (Å²) in [6, 6.07) is 9.47. The summed E-state index contributed by atoms with van der Waals surface area (Å²) in [4.78, 5) is -0.137. The highest BCUT2D eigenvalue weighted by molar-refractivity contribution is 7.93. The van der Waals surface area contributed by atoms with Crippen molar-refractivity contribution in [3.8, 4) is 0 Å². The van der Waals surface area contributed by atoms with E-state index in [-0.39, 0.29) is 22.2 Å². The molecule has 0 unspecified atom stereocenters. The first-order chi connectivity index (χ1) is 9.86. The minimum Gasteiger partial charge on any atom is -0.392 e. The molecule has 0 spiro atoms. The molecule has 2 aromatic carbocycles. The Balaban J connectivity index is 2.51. The fraction of sp³-hybridized carbons (Fsp3) is 0.143. The quantitative estimate of drug-likeness (QED) is 0.938. The first-order valence-electron chi connectivity index (χ1n) is 6.00. The van der Waals surface area contributed by atoms with Gasteiger partial charge in [-0.05, 0) is 35.9 Å². The Hall–Kier alpha value is -1.63. The van der Waals surface area contributed by atoms with Crippen molar-refractivity contribution in [2.24, 2.45) is 0 Å². The summed E-state index contributed by atoms with van der Waals surface area (Å²) in [5, 5.41) is 9.15. The fourth-order valence-corrected chi connectivity index (χ4v) is 3.51. The molecule has 0 aliphatic heterocycles. The highest BCUT2D eigenvalue weighted by atomic mass is 35.5. The van der Waals surface area contributed by atoms with E-state index in [4.69, 9.17) is 16.7 Å². The van der Waals surface area contributed by atoms with Crippen molar-refractivity contribution in [3.63, 3.8) is 0 Å². The van der Waals surface area contributed by atoms with Gasteiger partial charge in [0.05, 0.1) is 17.3 Å². The Morgan fingerprint density at radius 3 is 2.57 bits per heavy atom. The third kappa shape index (κ3) is 3.18. The van der Waals surface area contributed by atoms with Crippen LogP contribution in [0.3, 0.4) is 0 Å². The van der Waals surface area contributed by atoms with E-state index in [1.54, 1.807) is 0 Å². The number of aliphatic hydroxyl groups is 1. The monoisotopic (exact) mass is 329 g/mol. The zero-order valence-electron chi connectivity index (χ0n) is 11.1. The van der Waals surface area contributed by atoms with Gasteiger partial charge in [0.15, 0.2) is 0 Å². The summed E-state index contributed by atoms with van der Waals surface area (Å²) < 4.78 is 39.3. The van der Waals surface area contributed by atoms with E-state index in [1.165, 1.54) is 43.4 Å². The molecule has 0 saturated heterocycles. The summed E-state index contributed by atoms with van der Waals surface area (Å²) in [6.45, 7) is -0.302. The summed E-state index contributed by atoms with van der Waals surface area (Å²) >= 11 is 5.94. The van der Waals surface area contributed by atoms with Crippen molar-refractivity contribution in [2.45, 2.75) is 11.5 Å². The average molecular weight is 330 g/mol. The van der Waals surface area contributed by atoms with Crippen molar-refractivity contribution in [1.29, 1.82) is 0 Å². The highest BCUT2D eigenvalue weighted by Gasteiger charge is 2.24. The van der Waals surface area contributed by atoms with E-state index in [0.717, 1.165) is 10.4 Å². The molecule has 0 aliphatic carbocycles. The van der Waals surface area contributed by atoms with Gasteiger partial charge in [-0.1, -0.05) is 23.7 Å². The van der Waals surface area contributed by atoms with Gasteiger partial charge in [-0.25, -0.2) is 12.8 Å². The Morgan fingerprint density at radius 1 is 1.24 bits per heavy atom. The van der Waals surface area contributed by atoms with Gasteiger partial charge in [0, 0.05) is 7.05 Å². The maximum atomic E-state index is 13.2. The lowest BCUT2D eigenvalue weighted by Crippen LogP contribution is -2.27. The molecule has 0 saturated carbocycles. The highest BCUT2D eigenvalue weighted by Crippen LogP contribution is 2.28. The summed E-state index contributed by atoms with van der Waals surface area (Å²) in [5.74, 6) is -0.537. The number of aliphatic hydroxyl groups excluding tert-OH is 1. The van der Waals surface area contributed by atoms with Gasteiger partial charge in [0.1, 0.15) is 10.7 Å². The maximum Gasteiger partial charge on any atom is 0.265 e. The van der Waals surface area contributed by atoms with Gasteiger partial charge < -0.3 is 5.11 Å². The Bertz CT molecular complexity index is 765. The molecule has 0 radical (unpaired) electrons. The van der Waals surface area contributed by atoms with Crippen LogP contribution in [0.2, 0.25) is 5.02 Å². The fourth-order valence-electron chi connectivity index (χ4n) is 1.80. The van der Waals surface area contributed by atoms with Crippen LogP contribution in [0.25, 0.3) is 0 Å². The SMILES string of the molecule is CN(c1cccc(F)c1)S(=O)(=O)c1cc(CO)ccc1Cl. The molecule has 0 fully saturated rings. The minimum atomic E-state index is -3.95. The minimum absolute atomic E-state index is 0.0375. The first-order valence-corrected chi connectivity index (χ1v) is 7.82. The van der Waals surface area contributed by atoms with Gasteiger partial charge in [0.2, 0.25) is 0 Å².